The van der Waals surface area contributed by atoms with Crippen LogP contribution >= 0.6 is 0 Å². The third-order valence-corrected chi connectivity index (χ3v) is 3.24. The Kier molecular flexibility index (Phi) is 4.26. The first-order valence-electron chi connectivity index (χ1n) is 6.13. The molecule has 1 rings (SSSR count). The average molecular weight is 306 g/mol. The van der Waals surface area contributed by atoms with Crippen molar-refractivity contribution in [2.75, 3.05) is 0 Å². The molecule has 9 heteroatoms. The zero-order chi connectivity index (χ0) is 16.5. The van der Waals surface area contributed by atoms with E-state index in [-0.39, 0.29) is 19.3 Å². The van der Waals surface area contributed by atoms with Gasteiger partial charge in [0, 0.05) is 19.3 Å². The Morgan fingerprint density at radius 2 is 0.857 bits per heavy atom. The van der Waals surface area contributed by atoms with E-state index in [0.29, 0.717) is 0 Å². The van der Waals surface area contributed by atoms with Gasteiger partial charge < -0.3 is 29.5 Å². The summed E-state index contributed by atoms with van der Waals surface area (Å²) < 4.78 is 14.4. The molecule has 1 fully saturated rings. The summed E-state index contributed by atoms with van der Waals surface area (Å²) in [7, 11) is 0. The van der Waals surface area contributed by atoms with Crippen LogP contribution in [0.3, 0.4) is 0 Å². The van der Waals surface area contributed by atoms with Crippen molar-refractivity contribution in [2.24, 2.45) is 0 Å². The molecule has 120 valence electrons. The molecule has 9 nitrogen and oxygen atoms in total. The summed E-state index contributed by atoms with van der Waals surface area (Å²) in [5.41, 5.74) is -4.00. The Bertz CT molecular complexity index is 383. The first-order chi connectivity index (χ1) is 9.37. The minimum Gasteiger partial charge on any atom is -0.450 e. The molecule has 1 aliphatic rings. The van der Waals surface area contributed by atoms with Crippen LogP contribution in [0.5, 0.6) is 0 Å². The molecule has 0 unspecified atom stereocenters. The van der Waals surface area contributed by atoms with Crippen molar-refractivity contribution in [2.45, 2.75) is 56.8 Å². The molecule has 0 amide bonds. The molecule has 0 aromatic carbocycles. The first kappa shape index (κ1) is 16.9. The van der Waals surface area contributed by atoms with Gasteiger partial charge in [-0.05, 0) is 20.8 Å². The predicted octanol–water partition coefficient (Wildman–Crippen LogP) is 2.53. The molecule has 3 N–H and O–H groups in total. The van der Waals surface area contributed by atoms with Crippen molar-refractivity contribution in [3.8, 4) is 0 Å². The number of ether oxygens (including phenoxy) is 3. The second kappa shape index (κ2) is 5.30. The van der Waals surface area contributed by atoms with E-state index < -0.39 is 35.3 Å². The lowest BCUT2D eigenvalue weighted by Crippen LogP contribution is -2.57. The Balaban J connectivity index is 3.11. The molecule has 0 bridgehead atoms. The fourth-order valence-corrected chi connectivity index (χ4v) is 3.41. The van der Waals surface area contributed by atoms with Crippen LogP contribution in [0.4, 0.5) is 14.4 Å². The Morgan fingerprint density at radius 1 is 0.667 bits per heavy atom. The van der Waals surface area contributed by atoms with E-state index in [1.165, 1.54) is 20.8 Å². The highest BCUT2D eigenvalue weighted by Crippen LogP contribution is 2.46. The van der Waals surface area contributed by atoms with Crippen LogP contribution in [0.1, 0.15) is 40.0 Å². The molecule has 21 heavy (non-hydrogen) atoms. The van der Waals surface area contributed by atoms with Gasteiger partial charge in [0.15, 0.2) is 0 Å². The molecule has 0 radical (unpaired) electrons. The van der Waals surface area contributed by atoms with E-state index in [4.69, 9.17) is 29.5 Å². The SMILES string of the molecule is CC1(OC(=O)O)CC(C)(OC(=O)O)CC(C)(OC(=O)O)C1. The van der Waals surface area contributed by atoms with E-state index in [1.54, 1.807) is 0 Å². The van der Waals surface area contributed by atoms with Gasteiger partial charge in [0.25, 0.3) is 0 Å². The zero-order valence-corrected chi connectivity index (χ0v) is 11.9. The first-order valence-corrected chi connectivity index (χ1v) is 6.13. The summed E-state index contributed by atoms with van der Waals surface area (Å²) in [5.74, 6) is 0. The number of carbonyl (C=O) groups is 3. The standard InChI is InChI=1S/C12H18O9/c1-10(19-7(13)14)4-11(2,20-8(15)16)6-12(3,5-10)21-9(17)18/h4-6H2,1-3H3,(H,13,14)(H,15,16)(H,17,18). The number of hydrogen-bond donors (Lipinski definition) is 3. The lowest BCUT2D eigenvalue weighted by atomic mass is 9.69. The second-order valence-corrected chi connectivity index (χ2v) is 5.98. The third-order valence-electron chi connectivity index (χ3n) is 3.24. The van der Waals surface area contributed by atoms with E-state index in [1.807, 2.05) is 0 Å². The van der Waals surface area contributed by atoms with Gasteiger partial charge in [-0.15, -0.1) is 0 Å². The van der Waals surface area contributed by atoms with Gasteiger partial charge in [-0.1, -0.05) is 0 Å². The van der Waals surface area contributed by atoms with Crippen LogP contribution in [-0.2, 0) is 14.2 Å². The zero-order valence-electron chi connectivity index (χ0n) is 11.9. The highest BCUT2D eigenvalue weighted by atomic mass is 16.7. The Hall–Kier alpha value is -2.19. The van der Waals surface area contributed by atoms with Crippen LogP contribution in [0.2, 0.25) is 0 Å². The average Bonchev–Trinajstić information content (AvgIpc) is 2.05. The summed E-state index contributed by atoms with van der Waals surface area (Å²) in [5, 5.41) is 26.4. The van der Waals surface area contributed by atoms with Crippen LogP contribution in [0.25, 0.3) is 0 Å². The van der Waals surface area contributed by atoms with Gasteiger partial charge in [0.2, 0.25) is 0 Å². The van der Waals surface area contributed by atoms with Gasteiger partial charge in [-0.25, -0.2) is 14.4 Å². The summed E-state index contributed by atoms with van der Waals surface area (Å²) >= 11 is 0. The summed E-state index contributed by atoms with van der Waals surface area (Å²) in [6.45, 7) is 4.31. The fraction of sp³-hybridized carbons (Fsp3) is 0.750. The van der Waals surface area contributed by atoms with Gasteiger partial charge in [-0.3, -0.25) is 0 Å². The molecular formula is C12H18O9. The van der Waals surface area contributed by atoms with Crippen molar-refractivity contribution in [1.82, 2.24) is 0 Å². The van der Waals surface area contributed by atoms with Gasteiger partial charge in [0.1, 0.15) is 16.8 Å². The summed E-state index contributed by atoms with van der Waals surface area (Å²) in [6, 6.07) is 0. The minimum atomic E-state index is -1.55. The van der Waals surface area contributed by atoms with E-state index in [0.717, 1.165) is 0 Å². The molecule has 1 aliphatic carbocycles. The largest absolute Gasteiger partial charge is 0.506 e. The van der Waals surface area contributed by atoms with Crippen LogP contribution in [0.15, 0.2) is 0 Å². The van der Waals surface area contributed by atoms with E-state index in [9.17, 15) is 14.4 Å². The Morgan fingerprint density at radius 3 is 1.00 bits per heavy atom. The smallest absolute Gasteiger partial charge is 0.450 e. The summed E-state index contributed by atoms with van der Waals surface area (Å²) in [4.78, 5) is 32.4. The highest BCUT2D eigenvalue weighted by molar-refractivity contribution is 5.59. The van der Waals surface area contributed by atoms with Crippen LogP contribution < -0.4 is 0 Å². The lowest BCUT2D eigenvalue weighted by molar-refractivity contribution is -0.174. The number of rotatable bonds is 3. The highest BCUT2D eigenvalue weighted by Gasteiger charge is 2.55. The van der Waals surface area contributed by atoms with Crippen molar-refractivity contribution < 1.29 is 43.9 Å². The molecule has 1 saturated carbocycles. The van der Waals surface area contributed by atoms with Crippen LogP contribution in [0, 0.1) is 0 Å². The molecule has 0 aliphatic heterocycles. The van der Waals surface area contributed by atoms with Crippen molar-refractivity contribution in [3.63, 3.8) is 0 Å². The molecular weight excluding hydrogens is 288 g/mol. The quantitative estimate of drug-likeness (QED) is 0.529. The fourth-order valence-electron chi connectivity index (χ4n) is 3.41. The monoisotopic (exact) mass is 306 g/mol. The lowest BCUT2D eigenvalue weighted by Gasteiger charge is -2.49. The molecule has 0 aromatic rings. The molecule has 0 aromatic heterocycles. The maximum Gasteiger partial charge on any atom is 0.506 e. The van der Waals surface area contributed by atoms with E-state index >= 15 is 0 Å². The number of carboxylic acid groups (broad SMARTS) is 3. The maximum atomic E-state index is 10.8. The summed E-state index contributed by atoms with van der Waals surface area (Å²) in [6.07, 6.45) is -4.77. The second-order valence-electron chi connectivity index (χ2n) is 5.98. The van der Waals surface area contributed by atoms with E-state index in [2.05, 4.69) is 0 Å². The third kappa shape index (κ3) is 4.69. The molecule has 0 saturated heterocycles. The van der Waals surface area contributed by atoms with Gasteiger partial charge in [-0.2, -0.15) is 0 Å². The minimum absolute atomic E-state index is 0.0445. The maximum absolute atomic E-state index is 10.8. The molecule has 0 heterocycles. The van der Waals surface area contributed by atoms with Crippen molar-refractivity contribution >= 4 is 18.5 Å². The Labute approximate surface area is 120 Å². The van der Waals surface area contributed by atoms with Gasteiger partial charge in [0.05, 0.1) is 0 Å². The molecule has 0 spiro atoms. The topological polar surface area (TPSA) is 140 Å². The number of hydrogen-bond acceptors (Lipinski definition) is 6. The predicted molar refractivity (Wildman–Crippen MR) is 66.4 cm³/mol. The van der Waals surface area contributed by atoms with Gasteiger partial charge >= 0.3 is 18.5 Å². The molecule has 0 atom stereocenters. The van der Waals surface area contributed by atoms with Crippen molar-refractivity contribution in [1.29, 1.82) is 0 Å². The van der Waals surface area contributed by atoms with Crippen LogP contribution in [-0.4, -0.2) is 50.6 Å². The van der Waals surface area contributed by atoms with Crippen molar-refractivity contribution in [3.05, 3.63) is 0 Å². The normalized spacial score (nSPS) is 35.6.